The van der Waals surface area contributed by atoms with E-state index in [2.05, 4.69) is 31.4 Å². The van der Waals surface area contributed by atoms with Gasteiger partial charge in [-0.3, -0.25) is 0 Å². The van der Waals surface area contributed by atoms with Crippen LogP contribution in [0.1, 0.15) is 46.5 Å². The summed E-state index contributed by atoms with van der Waals surface area (Å²) in [6.45, 7) is 9.02. The first-order chi connectivity index (χ1) is 9.11. The maximum Gasteiger partial charge on any atom is 0.407 e. The van der Waals surface area contributed by atoms with Gasteiger partial charge < -0.3 is 21.1 Å². The highest BCUT2D eigenvalue weighted by atomic mass is 16.5. The number of rotatable bonds is 11. The average Bonchev–Trinajstić information content (AvgIpc) is 2.38. The lowest BCUT2D eigenvalue weighted by Gasteiger charge is -2.21. The number of hydrogen-bond acceptors (Lipinski definition) is 4. The molecule has 0 aliphatic rings. The molecule has 0 aromatic carbocycles. The topological polar surface area (TPSA) is 76.4 Å². The van der Waals surface area contributed by atoms with Gasteiger partial charge in [0.05, 0.1) is 0 Å². The molecule has 0 aromatic heterocycles. The molecule has 0 bridgehead atoms. The molecule has 0 heterocycles. The van der Waals surface area contributed by atoms with Gasteiger partial charge in [0.2, 0.25) is 0 Å². The lowest BCUT2D eigenvalue weighted by atomic mass is 10.1. The molecule has 114 valence electrons. The molecule has 5 heteroatoms. The number of unbranched alkanes of at least 4 members (excludes halogenated alkanes) is 3. The van der Waals surface area contributed by atoms with E-state index in [0.717, 1.165) is 38.8 Å². The third-order valence-corrected chi connectivity index (χ3v) is 3.07. The number of amides is 1. The second-order valence-electron chi connectivity index (χ2n) is 5.14. The van der Waals surface area contributed by atoms with Gasteiger partial charge in [0.25, 0.3) is 0 Å². The Bertz CT molecular complexity index is 223. The third-order valence-electron chi connectivity index (χ3n) is 3.07. The summed E-state index contributed by atoms with van der Waals surface area (Å²) in [4.78, 5) is 11.5. The van der Waals surface area contributed by atoms with Crippen molar-refractivity contribution in [2.75, 3.05) is 26.2 Å². The fourth-order valence-corrected chi connectivity index (χ4v) is 1.78. The Morgan fingerprint density at radius 1 is 1.21 bits per heavy atom. The Labute approximate surface area is 117 Å². The van der Waals surface area contributed by atoms with Crippen molar-refractivity contribution in [3.63, 3.8) is 0 Å². The number of nitrogens with one attached hydrogen (secondary N) is 2. The van der Waals surface area contributed by atoms with Crippen LogP contribution in [0.3, 0.4) is 0 Å². The van der Waals surface area contributed by atoms with E-state index in [1.807, 2.05) is 0 Å². The van der Waals surface area contributed by atoms with Crippen LogP contribution < -0.4 is 16.4 Å². The largest absolute Gasteiger partial charge is 0.448 e. The molecule has 0 aliphatic carbocycles. The molecule has 0 saturated heterocycles. The maximum absolute atomic E-state index is 11.5. The van der Waals surface area contributed by atoms with Crippen LogP contribution in [0.5, 0.6) is 0 Å². The van der Waals surface area contributed by atoms with Crippen LogP contribution in [0.25, 0.3) is 0 Å². The zero-order chi connectivity index (χ0) is 14.5. The van der Waals surface area contributed by atoms with E-state index in [0.29, 0.717) is 19.1 Å². The fourth-order valence-electron chi connectivity index (χ4n) is 1.78. The van der Waals surface area contributed by atoms with Crippen LogP contribution in [0.4, 0.5) is 4.79 Å². The molecule has 0 spiro atoms. The smallest absolute Gasteiger partial charge is 0.407 e. The molecule has 0 radical (unpaired) electrons. The Morgan fingerprint density at radius 3 is 2.47 bits per heavy atom. The zero-order valence-electron chi connectivity index (χ0n) is 12.7. The van der Waals surface area contributed by atoms with Gasteiger partial charge in [-0.25, -0.2) is 4.79 Å². The number of alkyl carbamates (subject to hydrolysis) is 1. The number of nitrogens with two attached hydrogens (primary N) is 1. The molecule has 0 fully saturated rings. The van der Waals surface area contributed by atoms with Gasteiger partial charge in [0.1, 0.15) is 6.61 Å². The summed E-state index contributed by atoms with van der Waals surface area (Å²) in [5.41, 5.74) is 5.41. The molecule has 1 amide bonds. The van der Waals surface area contributed by atoms with Gasteiger partial charge in [-0.2, -0.15) is 0 Å². The van der Waals surface area contributed by atoms with Crippen LogP contribution >= 0.6 is 0 Å². The number of carbonyl (C=O) groups is 1. The molecule has 0 aliphatic heterocycles. The summed E-state index contributed by atoms with van der Waals surface area (Å²) in [6, 6.07) is 0.223. The van der Waals surface area contributed by atoms with Gasteiger partial charge in [0, 0.05) is 12.6 Å². The van der Waals surface area contributed by atoms with Crippen molar-refractivity contribution >= 4 is 6.09 Å². The Balaban J connectivity index is 3.57. The molecule has 19 heavy (non-hydrogen) atoms. The van der Waals surface area contributed by atoms with E-state index >= 15 is 0 Å². The minimum absolute atomic E-state index is 0.223. The highest BCUT2D eigenvalue weighted by molar-refractivity contribution is 5.67. The molecule has 0 aromatic rings. The second kappa shape index (κ2) is 12.2. The van der Waals surface area contributed by atoms with Gasteiger partial charge in [0.15, 0.2) is 0 Å². The first-order valence-corrected chi connectivity index (χ1v) is 7.45. The van der Waals surface area contributed by atoms with Gasteiger partial charge >= 0.3 is 6.09 Å². The van der Waals surface area contributed by atoms with Crippen molar-refractivity contribution < 1.29 is 9.53 Å². The molecule has 0 rings (SSSR count). The standard InChI is InChI=1S/C14H31N3O2/c1-4-16-13(12(2)3)11-19-14(18)17-10-8-6-5-7-9-15/h12-13,16H,4-11,15H2,1-3H3,(H,17,18)/t13-/m0/s1. The average molecular weight is 273 g/mol. The summed E-state index contributed by atoms with van der Waals surface area (Å²) in [6.07, 6.45) is 3.95. The summed E-state index contributed by atoms with van der Waals surface area (Å²) in [5.74, 6) is 0.448. The van der Waals surface area contributed by atoms with E-state index < -0.39 is 0 Å². The van der Waals surface area contributed by atoms with Crippen molar-refractivity contribution in [2.24, 2.45) is 11.7 Å². The van der Waals surface area contributed by atoms with Gasteiger partial charge in [-0.05, 0) is 31.8 Å². The lowest BCUT2D eigenvalue weighted by molar-refractivity contribution is 0.125. The molecule has 4 N–H and O–H groups in total. The summed E-state index contributed by atoms with van der Waals surface area (Å²) in [5, 5.41) is 6.09. The number of ether oxygens (including phenoxy) is 1. The summed E-state index contributed by atoms with van der Waals surface area (Å²) < 4.78 is 5.21. The molecule has 0 saturated carbocycles. The number of carbonyl (C=O) groups excluding carboxylic acids is 1. The fraction of sp³-hybridized carbons (Fsp3) is 0.929. The SMILES string of the molecule is CCN[C@@H](COC(=O)NCCCCCCN)C(C)C. The monoisotopic (exact) mass is 273 g/mol. The van der Waals surface area contributed by atoms with Crippen LogP contribution in [0, 0.1) is 5.92 Å². The van der Waals surface area contributed by atoms with Crippen LogP contribution in [0.2, 0.25) is 0 Å². The van der Waals surface area contributed by atoms with Crippen LogP contribution in [0.15, 0.2) is 0 Å². The Morgan fingerprint density at radius 2 is 1.89 bits per heavy atom. The van der Waals surface area contributed by atoms with E-state index in [4.69, 9.17) is 10.5 Å². The summed E-state index contributed by atoms with van der Waals surface area (Å²) in [7, 11) is 0. The van der Waals surface area contributed by atoms with E-state index in [1.54, 1.807) is 0 Å². The predicted octanol–water partition coefficient (Wildman–Crippen LogP) is 1.87. The zero-order valence-corrected chi connectivity index (χ0v) is 12.7. The maximum atomic E-state index is 11.5. The molecule has 0 unspecified atom stereocenters. The molecule has 1 atom stereocenters. The quantitative estimate of drug-likeness (QED) is 0.502. The van der Waals surface area contributed by atoms with Crippen LogP contribution in [-0.2, 0) is 4.74 Å². The van der Waals surface area contributed by atoms with Crippen molar-refractivity contribution in [2.45, 2.75) is 52.5 Å². The minimum Gasteiger partial charge on any atom is -0.448 e. The highest BCUT2D eigenvalue weighted by Crippen LogP contribution is 2.02. The van der Waals surface area contributed by atoms with Gasteiger partial charge in [-0.15, -0.1) is 0 Å². The van der Waals surface area contributed by atoms with Crippen molar-refractivity contribution in [3.05, 3.63) is 0 Å². The normalized spacial score (nSPS) is 12.5. The second-order valence-corrected chi connectivity index (χ2v) is 5.14. The first-order valence-electron chi connectivity index (χ1n) is 7.45. The first kappa shape index (κ1) is 18.2. The van der Waals surface area contributed by atoms with Gasteiger partial charge in [-0.1, -0.05) is 33.6 Å². The molecule has 5 nitrogen and oxygen atoms in total. The highest BCUT2D eigenvalue weighted by Gasteiger charge is 2.14. The van der Waals surface area contributed by atoms with E-state index in [-0.39, 0.29) is 12.1 Å². The predicted molar refractivity (Wildman–Crippen MR) is 79.2 cm³/mol. The molecular weight excluding hydrogens is 242 g/mol. The van der Waals surface area contributed by atoms with E-state index in [1.165, 1.54) is 0 Å². The number of likely N-dealkylation sites (N-methyl/N-ethyl adjacent to an activating group) is 1. The van der Waals surface area contributed by atoms with Crippen molar-refractivity contribution in [1.82, 2.24) is 10.6 Å². The molecular formula is C14H31N3O2. The Hall–Kier alpha value is -0.810. The Kier molecular flexibility index (Phi) is 11.7. The van der Waals surface area contributed by atoms with Crippen molar-refractivity contribution in [3.8, 4) is 0 Å². The van der Waals surface area contributed by atoms with E-state index in [9.17, 15) is 4.79 Å². The van der Waals surface area contributed by atoms with Crippen LogP contribution in [-0.4, -0.2) is 38.4 Å². The number of hydrogen-bond donors (Lipinski definition) is 3. The third kappa shape index (κ3) is 10.8. The summed E-state index contributed by atoms with van der Waals surface area (Å²) >= 11 is 0. The van der Waals surface area contributed by atoms with Crippen molar-refractivity contribution in [1.29, 1.82) is 0 Å². The minimum atomic E-state index is -0.317. The lowest BCUT2D eigenvalue weighted by Crippen LogP contribution is -2.40.